The highest BCUT2D eigenvalue weighted by atomic mass is 16.4. The molecule has 2 heterocycles. The summed E-state index contributed by atoms with van der Waals surface area (Å²) in [5.41, 5.74) is 3.68. The molecule has 0 aliphatic heterocycles. The van der Waals surface area contributed by atoms with E-state index in [2.05, 4.69) is 25.6 Å². The summed E-state index contributed by atoms with van der Waals surface area (Å²) in [4.78, 5) is 28.1. The fourth-order valence-electron chi connectivity index (χ4n) is 3.77. The third kappa shape index (κ3) is 4.04. The van der Waals surface area contributed by atoms with Gasteiger partial charge in [0.05, 0.1) is 0 Å². The summed E-state index contributed by atoms with van der Waals surface area (Å²) >= 11 is 0. The SMILES string of the molecule is CCCc1nc(C(=O)O)c(C(C)=O)n1Cc1ccc(-c2ccccc2-c2nn[nH]n2)cc1. The minimum absolute atomic E-state index is 0.132. The number of tetrazole rings is 1. The minimum Gasteiger partial charge on any atom is -0.476 e. The van der Waals surface area contributed by atoms with Crippen molar-refractivity contribution in [3.63, 3.8) is 0 Å². The van der Waals surface area contributed by atoms with Crippen LogP contribution in [0, 0.1) is 0 Å². The van der Waals surface area contributed by atoms with Crippen LogP contribution in [0.25, 0.3) is 22.5 Å². The number of hydrogen-bond donors (Lipinski definition) is 2. The first kappa shape index (κ1) is 21.1. The molecule has 9 heteroatoms. The van der Waals surface area contributed by atoms with Gasteiger partial charge in [0.15, 0.2) is 11.5 Å². The van der Waals surface area contributed by atoms with Gasteiger partial charge in [0, 0.05) is 25.5 Å². The number of imidazole rings is 1. The molecule has 0 amide bonds. The van der Waals surface area contributed by atoms with Gasteiger partial charge < -0.3 is 9.67 Å². The van der Waals surface area contributed by atoms with Crippen molar-refractivity contribution < 1.29 is 14.7 Å². The van der Waals surface area contributed by atoms with Crippen LogP contribution < -0.4 is 0 Å². The molecule has 2 aromatic heterocycles. The molecule has 0 saturated carbocycles. The first-order valence-electron chi connectivity index (χ1n) is 10.2. The van der Waals surface area contributed by atoms with E-state index in [0.717, 1.165) is 28.7 Å². The Balaban J connectivity index is 1.69. The quantitative estimate of drug-likeness (QED) is 0.409. The van der Waals surface area contributed by atoms with Crippen LogP contribution in [-0.4, -0.2) is 47.0 Å². The third-order valence-electron chi connectivity index (χ3n) is 5.18. The molecule has 0 spiro atoms. The molecule has 0 saturated heterocycles. The highest BCUT2D eigenvalue weighted by molar-refractivity contribution is 6.02. The average molecular weight is 430 g/mol. The number of H-pyrrole nitrogens is 1. The predicted octanol–water partition coefficient (Wildman–Crippen LogP) is 3.63. The van der Waals surface area contributed by atoms with Crippen LogP contribution in [0.5, 0.6) is 0 Å². The molecule has 4 aromatic rings. The van der Waals surface area contributed by atoms with Crippen molar-refractivity contribution in [3.05, 3.63) is 71.3 Å². The second kappa shape index (κ2) is 8.93. The zero-order valence-electron chi connectivity index (χ0n) is 17.7. The number of Topliss-reactive ketones (excluding diaryl/α,β-unsaturated/α-hetero) is 1. The summed E-state index contributed by atoms with van der Waals surface area (Å²) in [6.07, 6.45) is 1.38. The average Bonchev–Trinajstić information content (AvgIpc) is 3.44. The summed E-state index contributed by atoms with van der Waals surface area (Å²) in [5, 5.41) is 23.8. The minimum atomic E-state index is -1.19. The van der Waals surface area contributed by atoms with Crippen LogP contribution in [-0.2, 0) is 13.0 Å². The molecule has 0 atom stereocenters. The molecule has 0 radical (unpaired) electrons. The highest BCUT2D eigenvalue weighted by Crippen LogP contribution is 2.30. The number of aromatic amines is 1. The number of carboxylic acid groups (broad SMARTS) is 1. The van der Waals surface area contributed by atoms with Gasteiger partial charge in [-0.3, -0.25) is 4.79 Å². The van der Waals surface area contributed by atoms with Crippen LogP contribution >= 0.6 is 0 Å². The van der Waals surface area contributed by atoms with E-state index in [0.29, 0.717) is 24.6 Å². The molecule has 0 fully saturated rings. The standard InChI is InChI=1S/C23H22N6O3/c1-3-6-19-24-20(23(31)32)21(14(2)30)29(19)13-15-9-11-16(12-10-15)17-7-4-5-8-18(17)22-25-27-28-26-22/h4-5,7-12H,3,6,13H2,1-2H3,(H,31,32)(H,25,26,27,28). The van der Waals surface area contributed by atoms with E-state index in [1.807, 2.05) is 55.5 Å². The number of ketones is 1. The van der Waals surface area contributed by atoms with Crippen molar-refractivity contribution in [2.24, 2.45) is 0 Å². The van der Waals surface area contributed by atoms with Crippen LogP contribution in [0.3, 0.4) is 0 Å². The second-order valence-corrected chi connectivity index (χ2v) is 7.40. The van der Waals surface area contributed by atoms with Crippen LogP contribution in [0.1, 0.15) is 52.6 Å². The van der Waals surface area contributed by atoms with E-state index in [9.17, 15) is 14.7 Å². The van der Waals surface area contributed by atoms with Crippen molar-refractivity contribution in [2.75, 3.05) is 0 Å². The van der Waals surface area contributed by atoms with Crippen molar-refractivity contribution in [2.45, 2.75) is 33.2 Å². The summed E-state index contributed by atoms with van der Waals surface area (Å²) in [5.74, 6) is -0.399. The lowest BCUT2D eigenvalue weighted by Gasteiger charge is -2.12. The zero-order chi connectivity index (χ0) is 22.7. The smallest absolute Gasteiger partial charge is 0.356 e. The number of aromatic nitrogens is 6. The summed E-state index contributed by atoms with van der Waals surface area (Å²) < 4.78 is 1.72. The third-order valence-corrected chi connectivity index (χ3v) is 5.18. The number of aryl methyl sites for hydroxylation is 1. The molecule has 4 rings (SSSR count). The fourth-order valence-corrected chi connectivity index (χ4v) is 3.77. The van der Waals surface area contributed by atoms with E-state index in [1.165, 1.54) is 6.92 Å². The van der Waals surface area contributed by atoms with Gasteiger partial charge in [-0.05, 0) is 28.3 Å². The summed E-state index contributed by atoms with van der Waals surface area (Å²) in [6, 6.07) is 15.7. The van der Waals surface area contributed by atoms with Crippen molar-refractivity contribution >= 4 is 11.8 Å². The Labute approximate surface area is 184 Å². The molecule has 2 N–H and O–H groups in total. The van der Waals surface area contributed by atoms with Crippen molar-refractivity contribution in [1.29, 1.82) is 0 Å². The van der Waals surface area contributed by atoms with Gasteiger partial charge in [0.25, 0.3) is 0 Å². The monoisotopic (exact) mass is 430 g/mol. The largest absolute Gasteiger partial charge is 0.476 e. The molecular formula is C23H22N6O3. The molecular weight excluding hydrogens is 408 g/mol. The maximum absolute atomic E-state index is 12.2. The highest BCUT2D eigenvalue weighted by Gasteiger charge is 2.24. The topological polar surface area (TPSA) is 127 Å². The number of nitrogens with one attached hydrogen (secondary N) is 1. The Morgan fingerprint density at radius 1 is 1.06 bits per heavy atom. The number of nitrogens with zero attached hydrogens (tertiary/aromatic N) is 5. The Bertz CT molecular complexity index is 1260. The lowest BCUT2D eigenvalue weighted by atomic mass is 9.98. The Kier molecular flexibility index (Phi) is 5.89. The number of hydrogen-bond acceptors (Lipinski definition) is 6. The Morgan fingerprint density at radius 2 is 1.78 bits per heavy atom. The Morgan fingerprint density at radius 3 is 2.38 bits per heavy atom. The molecule has 32 heavy (non-hydrogen) atoms. The molecule has 0 bridgehead atoms. The first-order valence-corrected chi connectivity index (χ1v) is 10.2. The van der Waals surface area contributed by atoms with Gasteiger partial charge in [-0.1, -0.05) is 55.5 Å². The number of carboxylic acids is 1. The van der Waals surface area contributed by atoms with Gasteiger partial charge in [0.1, 0.15) is 11.5 Å². The molecule has 162 valence electrons. The van der Waals surface area contributed by atoms with Crippen LogP contribution in [0.2, 0.25) is 0 Å². The molecule has 0 aliphatic carbocycles. The van der Waals surface area contributed by atoms with Gasteiger partial charge in [0.2, 0.25) is 5.82 Å². The molecule has 2 aromatic carbocycles. The second-order valence-electron chi connectivity index (χ2n) is 7.40. The maximum Gasteiger partial charge on any atom is 0.356 e. The Hall–Kier alpha value is -4.14. The van der Waals surface area contributed by atoms with E-state index in [-0.39, 0.29) is 17.2 Å². The van der Waals surface area contributed by atoms with Gasteiger partial charge >= 0.3 is 5.97 Å². The van der Waals surface area contributed by atoms with E-state index < -0.39 is 5.97 Å². The lowest BCUT2D eigenvalue weighted by molar-refractivity contribution is 0.0686. The van der Waals surface area contributed by atoms with Crippen LogP contribution in [0.15, 0.2) is 48.5 Å². The molecule has 0 unspecified atom stereocenters. The number of carbonyl (C=O) groups is 2. The lowest BCUT2D eigenvalue weighted by Crippen LogP contribution is -2.13. The zero-order valence-corrected chi connectivity index (χ0v) is 17.7. The number of rotatable bonds is 8. The molecule has 0 aliphatic rings. The van der Waals surface area contributed by atoms with Gasteiger partial charge in [-0.25, -0.2) is 9.78 Å². The van der Waals surface area contributed by atoms with Crippen LogP contribution in [0.4, 0.5) is 0 Å². The maximum atomic E-state index is 12.2. The summed E-state index contributed by atoms with van der Waals surface area (Å²) in [6.45, 7) is 3.72. The summed E-state index contributed by atoms with van der Waals surface area (Å²) in [7, 11) is 0. The van der Waals surface area contributed by atoms with E-state index in [4.69, 9.17) is 0 Å². The van der Waals surface area contributed by atoms with E-state index in [1.54, 1.807) is 4.57 Å². The first-order chi connectivity index (χ1) is 15.5. The van der Waals surface area contributed by atoms with E-state index >= 15 is 0 Å². The van der Waals surface area contributed by atoms with Gasteiger partial charge in [-0.2, -0.15) is 5.21 Å². The normalized spacial score (nSPS) is 10.9. The van der Waals surface area contributed by atoms with Crippen molar-refractivity contribution in [1.82, 2.24) is 30.2 Å². The van der Waals surface area contributed by atoms with Gasteiger partial charge in [-0.15, -0.1) is 10.2 Å². The number of aromatic carboxylic acids is 1. The van der Waals surface area contributed by atoms with Crippen molar-refractivity contribution in [3.8, 4) is 22.5 Å². The molecule has 9 nitrogen and oxygen atoms in total. The number of carbonyl (C=O) groups excluding carboxylic acids is 1. The predicted molar refractivity (Wildman–Crippen MR) is 117 cm³/mol. The fraction of sp³-hybridized carbons (Fsp3) is 0.217. The number of benzene rings is 2.